The van der Waals surface area contributed by atoms with Crippen molar-refractivity contribution < 1.29 is 19.9 Å². The molecule has 2 aromatic carbocycles. The molecular formula is C18H14N2O6S. The largest absolute Gasteiger partial charge is 0.497 e. The van der Waals surface area contributed by atoms with Crippen LogP contribution in [-0.4, -0.2) is 27.2 Å². The highest BCUT2D eigenvalue weighted by molar-refractivity contribution is 7.12. The van der Waals surface area contributed by atoms with Crippen LogP contribution >= 0.6 is 11.3 Å². The molecule has 8 nitrogen and oxygen atoms in total. The normalized spacial score (nSPS) is 11.8. The van der Waals surface area contributed by atoms with Gasteiger partial charge in [-0.25, -0.2) is 4.98 Å². The molecule has 0 aliphatic carbocycles. The Bertz CT molecular complexity index is 1030. The molecule has 0 bridgehead atoms. The van der Waals surface area contributed by atoms with Gasteiger partial charge in [0.05, 0.1) is 12.0 Å². The number of hydrogen-bond donors (Lipinski definition) is 2. The standard InChI is InChI=1S/C18H14N2O6S/c1-26-13-8-4-11(5-9-13)17-19-16(22)14(18(23)27-17)15(21)10-2-6-12(7-3-10)20(24)25/h2-9,15,21-22H,1H3. The third-order valence-corrected chi connectivity index (χ3v) is 4.81. The SMILES string of the molecule is COc1ccc(-c2nc(O)c(C(O)c3ccc([N+](=O)[O-])cc3)c(=O)s2)cc1. The molecular weight excluding hydrogens is 372 g/mol. The summed E-state index contributed by atoms with van der Waals surface area (Å²) in [6.45, 7) is 0. The summed E-state index contributed by atoms with van der Waals surface area (Å²) in [7, 11) is 1.53. The Balaban J connectivity index is 1.96. The van der Waals surface area contributed by atoms with E-state index in [1.54, 1.807) is 24.3 Å². The maximum atomic E-state index is 12.5. The Labute approximate surface area is 157 Å². The van der Waals surface area contributed by atoms with E-state index in [1.807, 2.05) is 0 Å². The molecule has 1 atom stereocenters. The zero-order valence-corrected chi connectivity index (χ0v) is 14.8. The van der Waals surface area contributed by atoms with Gasteiger partial charge in [0.2, 0.25) is 10.6 Å². The summed E-state index contributed by atoms with van der Waals surface area (Å²) >= 11 is 0.780. The fourth-order valence-electron chi connectivity index (χ4n) is 2.45. The van der Waals surface area contributed by atoms with E-state index in [0.717, 1.165) is 11.3 Å². The van der Waals surface area contributed by atoms with Crippen LogP contribution < -0.4 is 9.48 Å². The minimum atomic E-state index is -1.45. The first-order valence-corrected chi connectivity index (χ1v) is 8.53. The van der Waals surface area contributed by atoms with E-state index in [-0.39, 0.29) is 16.8 Å². The zero-order chi connectivity index (χ0) is 19.6. The second kappa shape index (κ2) is 7.52. The molecule has 138 valence electrons. The number of nitro groups is 1. The van der Waals surface area contributed by atoms with Crippen molar-refractivity contribution in [1.29, 1.82) is 0 Å². The van der Waals surface area contributed by atoms with Crippen molar-refractivity contribution in [1.82, 2.24) is 4.98 Å². The van der Waals surface area contributed by atoms with Gasteiger partial charge in [0.15, 0.2) is 0 Å². The summed E-state index contributed by atoms with van der Waals surface area (Å²) in [6, 6.07) is 11.9. The van der Waals surface area contributed by atoms with Gasteiger partial charge in [0.25, 0.3) is 5.69 Å². The van der Waals surface area contributed by atoms with Crippen molar-refractivity contribution in [2.24, 2.45) is 0 Å². The summed E-state index contributed by atoms with van der Waals surface area (Å²) in [5.41, 5.74) is 0.434. The van der Waals surface area contributed by atoms with Gasteiger partial charge in [0.1, 0.15) is 22.4 Å². The fraction of sp³-hybridized carbons (Fsp3) is 0.111. The molecule has 1 heterocycles. The average Bonchev–Trinajstić information content (AvgIpc) is 2.67. The number of aromatic nitrogens is 1. The van der Waals surface area contributed by atoms with Crippen molar-refractivity contribution in [3.63, 3.8) is 0 Å². The lowest BCUT2D eigenvalue weighted by atomic mass is 10.0. The smallest absolute Gasteiger partial charge is 0.269 e. The lowest BCUT2D eigenvalue weighted by Crippen LogP contribution is -2.13. The highest BCUT2D eigenvalue weighted by atomic mass is 32.1. The number of methoxy groups -OCH3 is 1. The van der Waals surface area contributed by atoms with Crippen molar-refractivity contribution in [3.8, 4) is 22.2 Å². The summed E-state index contributed by atoms with van der Waals surface area (Å²) in [4.78, 5) is 26.6. The molecule has 0 amide bonds. The fourth-order valence-corrected chi connectivity index (χ4v) is 3.32. The molecule has 27 heavy (non-hydrogen) atoms. The third-order valence-electron chi connectivity index (χ3n) is 3.89. The van der Waals surface area contributed by atoms with E-state index >= 15 is 0 Å². The Morgan fingerprint density at radius 2 is 1.78 bits per heavy atom. The molecule has 9 heteroatoms. The van der Waals surface area contributed by atoms with Crippen molar-refractivity contribution in [2.75, 3.05) is 7.11 Å². The predicted octanol–water partition coefficient (Wildman–Crippen LogP) is 2.87. The van der Waals surface area contributed by atoms with E-state index in [9.17, 15) is 25.1 Å². The van der Waals surface area contributed by atoms with Crippen molar-refractivity contribution >= 4 is 17.0 Å². The molecule has 0 aliphatic rings. The number of rotatable bonds is 5. The summed E-state index contributed by atoms with van der Waals surface area (Å²) in [5, 5.41) is 31.6. The summed E-state index contributed by atoms with van der Waals surface area (Å²) < 4.78 is 4.52. The van der Waals surface area contributed by atoms with E-state index in [4.69, 9.17) is 4.74 Å². The van der Waals surface area contributed by atoms with Crippen LogP contribution in [0.4, 0.5) is 5.69 Å². The van der Waals surface area contributed by atoms with Gasteiger partial charge in [-0.1, -0.05) is 11.3 Å². The van der Waals surface area contributed by atoms with Gasteiger partial charge in [-0.2, -0.15) is 0 Å². The zero-order valence-electron chi connectivity index (χ0n) is 14.0. The van der Waals surface area contributed by atoms with Crippen LogP contribution in [0, 0.1) is 10.1 Å². The second-order valence-corrected chi connectivity index (χ2v) is 6.49. The van der Waals surface area contributed by atoms with Crippen LogP contribution in [0.1, 0.15) is 17.2 Å². The molecule has 3 aromatic rings. The first-order valence-electron chi connectivity index (χ1n) is 7.71. The molecule has 0 fully saturated rings. The van der Waals surface area contributed by atoms with Gasteiger partial charge in [-0.05, 0) is 42.0 Å². The van der Waals surface area contributed by atoms with Gasteiger partial charge in [-0.3, -0.25) is 14.9 Å². The first kappa shape index (κ1) is 18.5. The molecule has 2 N–H and O–H groups in total. The maximum Gasteiger partial charge on any atom is 0.269 e. The number of non-ortho nitro benzene ring substituents is 1. The predicted molar refractivity (Wildman–Crippen MR) is 99.2 cm³/mol. The highest BCUT2D eigenvalue weighted by Crippen LogP contribution is 2.31. The topological polar surface area (TPSA) is 123 Å². The lowest BCUT2D eigenvalue weighted by molar-refractivity contribution is -0.384. The third kappa shape index (κ3) is 3.78. The Kier molecular flexibility index (Phi) is 5.15. The Morgan fingerprint density at radius 1 is 1.15 bits per heavy atom. The van der Waals surface area contributed by atoms with Crippen LogP contribution in [-0.2, 0) is 0 Å². The van der Waals surface area contributed by atoms with Crippen LogP contribution in [0.5, 0.6) is 11.6 Å². The van der Waals surface area contributed by atoms with Crippen molar-refractivity contribution in [3.05, 3.63) is 79.3 Å². The van der Waals surface area contributed by atoms with Gasteiger partial charge < -0.3 is 14.9 Å². The minimum Gasteiger partial charge on any atom is -0.497 e. The number of nitrogens with zero attached hydrogens (tertiary/aromatic N) is 2. The Hall–Kier alpha value is -3.30. The average molecular weight is 386 g/mol. The van der Waals surface area contributed by atoms with E-state index in [2.05, 4.69) is 4.98 Å². The Morgan fingerprint density at radius 3 is 2.30 bits per heavy atom. The monoisotopic (exact) mass is 386 g/mol. The quantitative estimate of drug-likeness (QED) is 0.510. The van der Waals surface area contributed by atoms with Crippen LogP contribution in [0.25, 0.3) is 10.6 Å². The lowest BCUT2D eigenvalue weighted by Gasteiger charge is -2.12. The van der Waals surface area contributed by atoms with Crippen molar-refractivity contribution in [2.45, 2.75) is 6.10 Å². The molecule has 1 aromatic heterocycles. The first-order chi connectivity index (χ1) is 12.9. The number of nitro benzene ring substituents is 1. The number of hydrogen-bond acceptors (Lipinski definition) is 8. The number of aromatic hydroxyl groups is 1. The second-order valence-electron chi connectivity index (χ2n) is 5.52. The van der Waals surface area contributed by atoms with E-state index in [0.29, 0.717) is 16.3 Å². The number of aliphatic hydroxyl groups is 1. The van der Waals surface area contributed by atoms with Crippen LogP contribution in [0.2, 0.25) is 0 Å². The maximum absolute atomic E-state index is 12.5. The van der Waals surface area contributed by atoms with Gasteiger partial charge >= 0.3 is 0 Å². The van der Waals surface area contributed by atoms with Crippen LogP contribution in [0.15, 0.2) is 53.3 Å². The van der Waals surface area contributed by atoms with Gasteiger partial charge in [-0.15, -0.1) is 0 Å². The van der Waals surface area contributed by atoms with Crippen LogP contribution in [0.3, 0.4) is 0 Å². The number of ether oxygens (including phenoxy) is 1. The van der Waals surface area contributed by atoms with E-state index < -0.39 is 21.6 Å². The molecule has 1 unspecified atom stereocenters. The minimum absolute atomic E-state index is 0.145. The number of benzene rings is 2. The number of aliphatic hydroxyl groups excluding tert-OH is 1. The molecule has 0 saturated heterocycles. The summed E-state index contributed by atoms with van der Waals surface area (Å²) in [6.07, 6.45) is -1.45. The molecule has 0 spiro atoms. The molecule has 3 rings (SSSR count). The van der Waals surface area contributed by atoms with E-state index in [1.165, 1.54) is 31.4 Å². The summed E-state index contributed by atoms with van der Waals surface area (Å²) in [5.74, 6) is 0.0518. The van der Waals surface area contributed by atoms with Gasteiger partial charge in [0, 0.05) is 17.7 Å². The molecule has 0 aliphatic heterocycles. The molecule has 0 radical (unpaired) electrons. The molecule has 0 saturated carbocycles. The highest BCUT2D eigenvalue weighted by Gasteiger charge is 2.22.